The van der Waals surface area contributed by atoms with Crippen LogP contribution in [0.3, 0.4) is 0 Å². The Kier molecular flexibility index (Phi) is 5.07. The fraction of sp³-hybridized carbons (Fsp3) is 0.632. The summed E-state index contributed by atoms with van der Waals surface area (Å²) in [4.78, 5) is 12.1. The van der Waals surface area contributed by atoms with Crippen LogP contribution in [0.2, 0.25) is 0 Å². The lowest BCUT2D eigenvalue weighted by molar-refractivity contribution is -0.118. The second-order valence-corrected chi connectivity index (χ2v) is 7.68. The minimum absolute atomic E-state index is 0.293. The summed E-state index contributed by atoms with van der Waals surface area (Å²) >= 11 is 0. The molecule has 1 heterocycles. The van der Waals surface area contributed by atoms with E-state index in [-0.39, 0.29) is 18.3 Å². The van der Waals surface area contributed by atoms with Crippen molar-refractivity contribution in [1.29, 1.82) is 0 Å². The summed E-state index contributed by atoms with van der Waals surface area (Å²) in [6.07, 6.45) is 2.03. The number of Topliss-reactive ketones (excluding diaryl/α,β-unsaturated/α-hetero) is 1. The summed E-state index contributed by atoms with van der Waals surface area (Å²) in [6.45, 7) is 14.4. The van der Waals surface area contributed by atoms with Crippen LogP contribution in [0.5, 0.6) is 0 Å². The molecule has 1 fully saturated rings. The Morgan fingerprint density at radius 2 is 1.65 bits per heavy atom. The largest absolute Gasteiger partial charge is 0.494 e. The SMILES string of the molecule is CCCC(=O)Cc1cc(B2OC(C)(C)C(C)(C)O2)cc(C)c1C. The molecule has 0 radical (unpaired) electrons. The molecule has 4 heteroatoms. The summed E-state index contributed by atoms with van der Waals surface area (Å²) in [5, 5.41) is 0. The first-order chi connectivity index (χ1) is 10.6. The van der Waals surface area contributed by atoms with Gasteiger partial charge < -0.3 is 9.31 Å². The van der Waals surface area contributed by atoms with Gasteiger partial charge in [-0.05, 0) is 70.1 Å². The lowest BCUT2D eigenvalue weighted by atomic mass is 9.76. The number of carbonyl (C=O) groups is 1. The third-order valence-electron chi connectivity index (χ3n) is 5.24. The number of benzene rings is 1. The van der Waals surface area contributed by atoms with Crippen LogP contribution in [0.25, 0.3) is 0 Å². The topological polar surface area (TPSA) is 35.5 Å². The Hall–Kier alpha value is -1.13. The summed E-state index contributed by atoms with van der Waals surface area (Å²) in [6, 6.07) is 4.20. The molecule has 1 saturated heterocycles. The lowest BCUT2D eigenvalue weighted by Crippen LogP contribution is -2.41. The molecule has 1 aromatic rings. The van der Waals surface area contributed by atoms with E-state index in [2.05, 4.69) is 53.7 Å². The van der Waals surface area contributed by atoms with Gasteiger partial charge in [0.2, 0.25) is 0 Å². The molecule has 126 valence electrons. The fourth-order valence-corrected chi connectivity index (χ4v) is 2.84. The van der Waals surface area contributed by atoms with E-state index in [4.69, 9.17) is 9.31 Å². The molecule has 1 aliphatic rings. The standard InChI is InChI=1S/C19H29BO3/c1-8-9-17(21)12-15-11-16(10-13(2)14(15)3)20-22-18(4,5)19(6,7)23-20/h10-11H,8-9,12H2,1-7H3. The van der Waals surface area contributed by atoms with Crippen molar-refractivity contribution in [2.75, 3.05) is 0 Å². The summed E-state index contributed by atoms with van der Waals surface area (Å²) in [5.41, 5.74) is 3.76. The van der Waals surface area contributed by atoms with Gasteiger partial charge >= 0.3 is 7.12 Å². The van der Waals surface area contributed by atoms with E-state index in [1.165, 1.54) is 11.1 Å². The Morgan fingerprint density at radius 3 is 2.17 bits per heavy atom. The van der Waals surface area contributed by atoms with Gasteiger partial charge in [-0.1, -0.05) is 19.1 Å². The Balaban J connectivity index is 2.31. The molecule has 2 rings (SSSR count). The van der Waals surface area contributed by atoms with E-state index in [1.54, 1.807) is 0 Å². The molecule has 1 aliphatic heterocycles. The first kappa shape index (κ1) is 18.2. The van der Waals surface area contributed by atoms with Crippen LogP contribution in [-0.2, 0) is 20.5 Å². The number of carbonyl (C=O) groups excluding carboxylic acids is 1. The minimum atomic E-state index is -0.376. The molecule has 3 nitrogen and oxygen atoms in total. The van der Waals surface area contributed by atoms with Gasteiger partial charge in [0, 0.05) is 12.8 Å². The molecule has 0 bridgehead atoms. The first-order valence-corrected chi connectivity index (χ1v) is 8.54. The van der Waals surface area contributed by atoms with Crippen molar-refractivity contribution in [1.82, 2.24) is 0 Å². The minimum Gasteiger partial charge on any atom is -0.399 e. The number of rotatable bonds is 5. The summed E-state index contributed by atoms with van der Waals surface area (Å²) in [7, 11) is -0.376. The molecular formula is C19H29BO3. The zero-order valence-corrected chi connectivity index (χ0v) is 15.6. The summed E-state index contributed by atoms with van der Waals surface area (Å²) < 4.78 is 12.3. The highest BCUT2D eigenvalue weighted by molar-refractivity contribution is 6.62. The average Bonchev–Trinajstić information content (AvgIpc) is 2.64. The zero-order chi connectivity index (χ0) is 17.4. The molecule has 0 aromatic heterocycles. The number of hydrogen-bond acceptors (Lipinski definition) is 3. The highest BCUT2D eigenvalue weighted by Gasteiger charge is 2.51. The van der Waals surface area contributed by atoms with Crippen LogP contribution >= 0.6 is 0 Å². The van der Waals surface area contributed by atoms with Crippen molar-refractivity contribution in [3.05, 3.63) is 28.8 Å². The third-order valence-corrected chi connectivity index (χ3v) is 5.24. The Morgan fingerprint density at radius 1 is 1.09 bits per heavy atom. The third kappa shape index (κ3) is 3.69. The van der Waals surface area contributed by atoms with Crippen molar-refractivity contribution >= 4 is 18.4 Å². The van der Waals surface area contributed by atoms with Crippen molar-refractivity contribution in [3.8, 4) is 0 Å². The number of ketones is 1. The summed E-state index contributed by atoms with van der Waals surface area (Å²) in [5.74, 6) is 0.293. The number of hydrogen-bond donors (Lipinski definition) is 0. The van der Waals surface area contributed by atoms with Gasteiger partial charge in [-0.3, -0.25) is 4.79 Å². The highest BCUT2D eigenvalue weighted by Crippen LogP contribution is 2.36. The Labute approximate surface area is 140 Å². The molecular weight excluding hydrogens is 287 g/mol. The molecule has 0 amide bonds. The van der Waals surface area contributed by atoms with Crippen LogP contribution in [-0.4, -0.2) is 24.1 Å². The van der Waals surface area contributed by atoms with Gasteiger partial charge in [0.05, 0.1) is 11.2 Å². The van der Waals surface area contributed by atoms with Crippen LogP contribution < -0.4 is 5.46 Å². The second-order valence-electron chi connectivity index (χ2n) is 7.68. The van der Waals surface area contributed by atoms with E-state index >= 15 is 0 Å². The van der Waals surface area contributed by atoms with Crippen molar-refractivity contribution in [2.24, 2.45) is 0 Å². The average molecular weight is 316 g/mol. The quantitative estimate of drug-likeness (QED) is 0.780. The van der Waals surface area contributed by atoms with E-state index in [9.17, 15) is 4.79 Å². The lowest BCUT2D eigenvalue weighted by Gasteiger charge is -2.32. The van der Waals surface area contributed by atoms with Crippen molar-refractivity contribution < 1.29 is 14.1 Å². The van der Waals surface area contributed by atoms with Crippen LogP contribution in [0, 0.1) is 13.8 Å². The normalized spacial score (nSPS) is 19.2. The van der Waals surface area contributed by atoms with Gasteiger partial charge in [0.15, 0.2) is 0 Å². The van der Waals surface area contributed by atoms with Crippen LogP contribution in [0.1, 0.15) is 64.2 Å². The fourth-order valence-electron chi connectivity index (χ4n) is 2.84. The maximum Gasteiger partial charge on any atom is 0.494 e. The van der Waals surface area contributed by atoms with Crippen LogP contribution in [0.4, 0.5) is 0 Å². The van der Waals surface area contributed by atoms with E-state index < -0.39 is 0 Å². The van der Waals surface area contributed by atoms with Gasteiger partial charge in [-0.25, -0.2) is 0 Å². The Bertz CT molecular complexity index is 589. The van der Waals surface area contributed by atoms with E-state index in [0.717, 1.165) is 17.4 Å². The van der Waals surface area contributed by atoms with Gasteiger partial charge in [-0.2, -0.15) is 0 Å². The molecule has 23 heavy (non-hydrogen) atoms. The smallest absolute Gasteiger partial charge is 0.399 e. The zero-order valence-electron chi connectivity index (χ0n) is 15.6. The maximum atomic E-state index is 12.1. The van der Waals surface area contributed by atoms with Gasteiger partial charge in [-0.15, -0.1) is 0 Å². The van der Waals surface area contributed by atoms with Crippen molar-refractivity contribution in [3.63, 3.8) is 0 Å². The number of aryl methyl sites for hydroxylation is 1. The van der Waals surface area contributed by atoms with Crippen molar-refractivity contribution in [2.45, 2.75) is 78.9 Å². The van der Waals surface area contributed by atoms with Gasteiger partial charge in [0.1, 0.15) is 5.78 Å². The predicted octanol–water partition coefficient (Wildman–Crippen LogP) is 3.51. The van der Waals surface area contributed by atoms with E-state index in [0.29, 0.717) is 18.6 Å². The van der Waals surface area contributed by atoms with E-state index in [1.807, 2.05) is 6.92 Å². The monoisotopic (exact) mass is 316 g/mol. The molecule has 0 unspecified atom stereocenters. The predicted molar refractivity (Wildman–Crippen MR) is 95.3 cm³/mol. The maximum absolute atomic E-state index is 12.1. The molecule has 0 aliphatic carbocycles. The molecule has 0 atom stereocenters. The second kappa shape index (κ2) is 6.41. The molecule has 0 saturated carbocycles. The first-order valence-electron chi connectivity index (χ1n) is 8.54. The molecule has 0 N–H and O–H groups in total. The molecule has 0 spiro atoms. The highest BCUT2D eigenvalue weighted by atomic mass is 16.7. The molecule has 1 aromatic carbocycles. The van der Waals surface area contributed by atoms with Gasteiger partial charge in [0.25, 0.3) is 0 Å². The van der Waals surface area contributed by atoms with Crippen LogP contribution in [0.15, 0.2) is 12.1 Å².